The van der Waals surface area contributed by atoms with E-state index in [9.17, 15) is 9.59 Å². The topological polar surface area (TPSA) is 81.4 Å². The van der Waals surface area contributed by atoms with E-state index in [0.717, 1.165) is 12.8 Å². The van der Waals surface area contributed by atoms with E-state index in [2.05, 4.69) is 4.98 Å². The van der Waals surface area contributed by atoms with Crippen LogP contribution >= 0.6 is 0 Å². The zero-order chi connectivity index (χ0) is 15.3. The van der Waals surface area contributed by atoms with E-state index in [0.29, 0.717) is 23.6 Å². The highest BCUT2D eigenvalue weighted by Gasteiger charge is 2.19. The van der Waals surface area contributed by atoms with Crippen molar-refractivity contribution in [3.8, 4) is 0 Å². The maximum absolute atomic E-state index is 12.1. The van der Waals surface area contributed by atoms with Gasteiger partial charge in [0.2, 0.25) is 0 Å². The predicted octanol–water partition coefficient (Wildman–Crippen LogP) is 1.47. The second kappa shape index (κ2) is 7.19. The van der Waals surface area contributed by atoms with Crippen molar-refractivity contribution in [1.29, 1.82) is 0 Å². The second-order valence-corrected chi connectivity index (χ2v) is 4.88. The van der Waals surface area contributed by atoms with E-state index < -0.39 is 5.97 Å². The van der Waals surface area contributed by atoms with Gasteiger partial charge in [0.15, 0.2) is 0 Å². The molecule has 0 aliphatic rings. The molecule has 0 fully saturated rings. The molecule has 1 aromatic rings. The van der Waals surface area contributed by atoms with Gasteiger partial charge in [0, 0.05) is 24.1 Å². The molecule has 0 aliphatic heterocycles. The minimum atomic E-state index is -0.929. The number of carboxylic acids is 1. The summed E-state index contributed by atoms with van der Waals surface area (Å²) in [7, 11) is 1.59. The maximum Gasteiger partial charge on any atom is 0.348 e. The van der Waals surface area contributed by atoms with Crippen LogP contribution in [0.1, 0.15) is 42.8 Å². The van der Waals surface area contributed by atoms with Gasteiger partial charge in [0.25, 0.3) is 0 Å². The summed E-state index contributed by atoms with van der Waals surface area (Å²) in [6.45, 7) is 5.88. The highest BCUT2D eigenvalue weighted by Crippen LogP contribution is 2.18. The Balaban J connectivity index is 3.37. The van der Waals surface area contributed by atoms with Crippen LogP contribution in [0.5, 0.6) is 0 Å². The molecular weight excluding hydrogens is 260 g/mol. The largest absolute Gasteiger partial charge is 0.481 e. The molecule has 1 atom stereocenters. The number of nitrogens with zero attached hydrogens (tertiary/aromatic N) is 2. The van der Waals surface area contributed by atoms with Crippen LogP contribution in [0.3, 0.4) is 0 Å². The fraction of sp³-hybridized carbons (Fsp3) is 0.643. The summed E-state index contributed by atoms with van der Waals surface area (Å²) in [4.78, 5) is 27.1. The van der Waals surface area contributed by atoms with E-state index in [-0.39, 0.29) is 18.2 Å². The molecule has 0 bridgehead atoms. The number of aliphatic carboxylic acids is 1. The van der Waals surface area contributed by atoms with Gasteiger partial charge in [-0.1, -0.05) is 13.3 Å². The van der Waals surface area contributed by atoms with Crippen molar-refractivity contribution in [2.45, 2.75) is 46.1 Å². The molecule has 0 saturated heterocycles. The van der Waals surface area contributed by atoms with Crippen molar-refractivity contribution in [1.82, 2.24) is 9.55 Å². The van der Waals surface area contributed by atoms with Gasteiger partial charge in [0.1, 0.15) is 0 Å². The Labute approximate surface area is 118 Å². The van der Waals surface area contributed by atoms with Gasteiger partial charge in [-0.25, -0.2) is 4.79 Å². The summed E-state index contributed by atoms with van der Waals surface area (Å²) in [5.41, 5.74) is 1.41. The molecule has 0 saturated carbocycles. The Morgan fingerprint density at radius 3 is 2.60 bits per heavy atom. The molecule has 1 N–H and O–H groups in total. The van der Waals surface area contributed by atoms with Crippen LogP contribution in [0.2, 0.25) is 0 Å². The summed E-state index contributed by atoms with van der Waals surface area (Å²) in [6.07, 6.45) is 1.56. The zero-order valence-corrected chi connectivity index (χ0v) is 12.5. The van der Waals surface area contributed by atoms with Crippen molar-refractivity contribution in [3.63, 3.8) is 0 Å². The first-order chi connectivity index (χ1) is 9.42. The van der Waals surface area contributed by atoms with Gasteiger partial charge in [0.05, 0.1) is 19.1 Å². The van der Waals surface area contributed by atoms with Crippen LogP contribution in [0, 0.1) is 13.8 Å². The highest BCUT2D eigenvalue weighted by molar-refractivity contribution is 5.70. The fourth-order valence-electron chi connectivity index (χ4n) is 2.47. The number of hydrogen-bond donors (Lipinski definition) is 1. The van der Waals surface area contributed by atoms with Gasteiger partial charge in [-0.3, -0.25) is 9.36 Å². The number of ether oxygens (including phenoxy) is 1. The third kappa shape index (κ3) is 3.66. The second-order valence-electron chi connectivity index (χ2n) is 4.88. The molecule has 1 rings (SSSR count). The molecule has 1 heterocycles. The summed E-state index contributed by atoms with van der Waals surface area (Å²) < 4.78 is 6.74. The lowest BCUT2D eigenvalue weighted by Gasteiger charge is -2.22. The Morgan fingerprint density at radius 1 is 1.45 bits per heavy atom. The Kier molecular flexibility index (Phi) is 5.88. The monoisotopic (exact) mass is 282 g/mol. The van der Waals surface area contributed by atoms with Gasteiger partial charge < -0.3 is 9.84 Å². The van der Waals surface area contributed by atoms with Gasteiger partial charge in [-0.15, -0.1) is 0 Å². The Hall–Kier alpha value is -1.69. The van der Waals surface area contributed by atoms with E-state index in [4.69, 9.17) is 9.84 Å². The van der Waals surface area contributed by atoms with Gasteiger partial charge >= 0.3 is 11.7 Å². The minimum absolute atomic E-state index is 0.113. The van der Waals surface area contributed by atoms with Crippen molar-refractivity contribution in [2.24, 2.45) is 0 Å². The normalized spacial score (nSPS) is 12.4. The molecule has 0 spiro atoms. The maximum atomic E-state index is 12.1. The van der Waals surface area contributed by atoms with Crippen molar-refractivity contribution < 1.29 is 14.6 Å². The van der Waals surface area contributed by atoms with E-state index in [1.54, 1.807) is 25.5 Å². The first-order valence-electron chi connectivity index (χ1n) is 6.71. The van der Waals surface area contributed by atoms with E-state index >= 15 is 0 Å². The summed E-state index contributed by atoms with van der Waals surface area (Å²) in [6, 6.07) is -0.113. The Bertz CT molecular complexity index is 531. The smallest absolute Gasteiger partial charge is 0.348 e. The zero-order valence-electron chi connectivity index (χ0n) is 12.5. The summed E-state index contributed by atoms with van der Waals surface area (Å²) >= 11 is 0. The van der Waals surface area contributed by atoms with Gasteiger partial charge in [-0.2, -0.15) is 4.98 Å². The minimum Gasteiger partial charge on any atom is -0.481 e. The molecule has 20 heavy (non-hydrogen) atoms. The number of carbonyl (C=O) groups is 1. The predicted molar refractivity (Wildman–Crippen MR) is 75.1 cm³/mol. The van der Waals surface area contributed by atoms with E-state index in [1.165, 1.54) is 0 Å². The van der Waals surface area contributed by atoms with Crippen LogP contribution in [0.15, 0.2) is 4.79 Å². The molecular formula is C14H22N2O4. The lowest BCUT2D eigenvalue weighted by Crippen LogP contribution is -2.33. The molecule has 112 valence electrons. The third-order valence-electron chi connectivity index (χ3n) is 3.38. The molecule has 1 unspecified atom stereocenters. The molecule has 0 aromatic carbocycles. The van der Waals surface area contributed by atoms with Crippen molar-refractivity contribution >= 4 is 5.97 Å². The lowest BCUT2D eigenvalue weighted by atomic mass is 10.1. The SMILES string of the molecule is CCCC(COC)n1c(C)c(CC(=O)O)c(C)nc1=O. The van der Waals surface area contributed by atoms with Crippen LogP contribution in [-0.4, -0.2) is 34.3 Å². The van der Waals surface area contributed by atoms with Crippen LogP contribution in [-0.2, 0) is 16.0 Å². The highest BCUT2D eigenvalue weighted by atomic mass is 16.5. The number of aromatic nitrogens is 2. The van der Waals surface area contributed by atoms with Crippen LogP contribution < -0.4 is 5.69 Å². The molecule has 0 radical (unpaired) electrons. The first-order valence-corrected chi connectivity index (χ1v) is 6.71. The summed E-state index contributed by atoms with van der Waals surface area (Å²) in [5.74, 6) is -0.929. The number of rotatable bonds is 7. The number of methoxy groups -OCH3 is 1. The fourth-order valence-corrected chi connectivity index (χ4v) is 2.47. The van der Waals surface area contributed by atoms with Gasteiger partial charge in [-0.05, 0) is 20.3 Å². The lowest BCUT2D eigenvalue weighted by molar-refractivity contribution is -0.136. The number of carboxylic acid groups (broad SMARTS) is 1. The first kappa shape index (κ1) is 16.4. The van der Waals surface area contributed by atoms with Crippen LogP contribution in [0.4, 0.5) is 0 Å². The average molecular weight is 282 g/mol. The van der Waals surface area contributed by atoms with Crippen LogP contribution in [0.25, 0.3) is 0 Å². The van der Waals surface area contributed by atoms with E-state index in [1.807, 2.05) is 6.92 Å². The number of hydrogen-bond acceptors (Lipinski definition) is 4. The third-order valence-corrected chi connectivity index (χ3v) is 3.38. The standard InChI is InChI=1S/C14H22N2O4/c1-5-6-11(8-20-4)16-10(3)12(7-13(17)18)9(2)15-14(16)19/h11H,5-8H2,1-4H3,(H,17,18). The Morgan fingerprint density at radius 2 is 2.10 bits per heavy atom. The molecule has 6 nitrogen and oxygen atoms in total. The molecule has 1 aromatic heterocycles. The molecule has 0 amide bonds. The van der Waals surface area contributed by atoms with Crippen molar-refractivity contribution in [2.75, 3.05) is 13.7 Å². The number of aryl methyl sites for hydroxylation is 1. The molecule has 0 aliphatic carbocycles. The average Bonchev–Trinajstić information content (AvgIpc) is 2.34. The summed E-state index contributed by atoms with van der Waals surface area (Å²) in [5, 5.41) is 8.98. The van der Waals surface area contributed by atoms with Crippen molar-refractivity contribution in [3.05, 3.63) is 27.4 Å². The quantitative estimate of drug-likeness (QED) is 0.819. The molecule has 6 heteroatoms.